The monoisotopic (exact) mass is 235 g/mol. The summed E-state index contributed by atoms with van der Waals surface area (Å²) in [4.78, 5) is 11.2. The summed E-state index contributed by atoms with van der Waals surface area (Å²) in [6.45, 7) is 2.35. The molecule has 0 aliphatic carbocycles. The zero-order valence-corrected chi connectivity index (χ0v) is 9.81. The first kappa shape index (κ1) is 11.9. The van der Waals surface area contributed by atoms with Crippen LogP contribution in [-0.2, 0) is 4.79 Å². The molecule has 1 saturated heterocycles. The van der Waals surface area contributed by atoms with Crippen LogP contribution in [0.4, 0.5) is 0 Å². The molecular weight excluding hydrogens is 218 g/mol. The number of nitrogens with one attached hydrogen (secondary N) is 1. The van der Waals surface area contributed by atoms with Gasteiger partial charge in [0.2, 0.25) is 0 Å². The Bertz CT molecular complexity index is 432. The van der Waals surface area contributed by atoms with Gasteiger partial charge in [0.25, 0.3) is 0 Å². The number of benzene rings is 1. The van der Waals surface area contributed by atoms with Gasteiger partial charge in [-0.2, -0.15) is 0 Å². The first-order valence-corrected chi connectivity index (χ1v) is 5.79. The molecule has 0 bridgehead atoms. The third-order valence-corrected chi connectivity index (χ3v) is 3.51. The molecule has 17 heavy (non-hydrogen) atoms. The van der Waals surface area contributed by atoms with Gasteiger partial charge in [-0.25, -0.2) is 0 Å². The Morgan fingerprint density at radius 1 is 1.47 bits per heavy atom. The fourth-order valence-corrected chi connectivity index (χ4v) is 2.45. The highest BCUT2D eigenvalue weighted by molar-refractivity contribution is 5.78. The molecule has 1 aliphatic heterocycles. The summed E-state index contributed by atoms with van der Waals surface area (Å²) >= 11 is 0. The lowest BCUT2D eigenvalue weighted by Crippen LogP contribution is -2.53. The number of piperidine rings is 1. The van der Waals surface area contributed by atoms with E-state index in [9.17, 15) is 15.0 Å². The van der Waals surface area contributed by atoms with Crippen molar-refractivity contribution in [2.75, 3.05) is 6.54 Å². The molecule has 0 amide bonds. The van der Waals surface area contributed by atoms with Gasteiger partial charge in [-0.3, -0.25) is 4.79 Å². The third kappa shape index (κ3) is 2.26. The maximum absolute atomic E-state index is 11.2. The van der Waals surface area contributed by atoms with E-state index in [1.165, 1.54) is 0 Å². The number of carboxylic acid groups (broad SMARTS) is 1. The minimum Gasteiger partial charge on any atom is -0.508 e. The normalized spacial score (nSPS) is 28.9. The molecule has 1 fully saturated rings. The average Bonchev–Trinajstić information content (AvgIpc) is 2.29. The Labute approximate surface area is 100 Å². The van der Waals surface area contributed by atoms with E-state index in [0.717, 1.165) is 12.0 Å². The van der Waals surface area contributed by atoms with Crippen molar-refractivity contribution in [1.29, 1.82) is 0 Å². The van der Waals surface area contributed by atoms with Gasteiger partial charge in [-0.1, -0.05) is 18.2 Å². The first-order chi connectivity index (χ1) is 8.03. The summed E-state index contributed by atoms with van der Waals surface area (Å²) in [6, 6.07) is 7.16. The van der Waals surface area contributed by atoms with Crippen molar-refractivity contribution in [3.05, 3.63) is 29.8 Å². The van der Waals surface area contributed by atoms with Crippen LogP contribution in [0.5, 0.6) is 5.75 Å². The molecule has 1 aromatic carbocycles. The number of phenolic OH excluding ortho intramolecular Hbond substituents is 1. The number of phenols is 1. The van der Waals surface area contributed by atoms with Crippen molar-refractivity contribution in [3.8, 4) is 5.75 Å². The van der Waals surface area contributed by atoms with Gasteiger partial charge in [0.1, 0.15) is 11.3 Å². The fourth-order valence-electron chi connectivity index (χ4n) is 2.45. The minimum absolute atomic E-state index is 0.0959. The molecule has 0 saturated carbocycles. The van der Waals surface area contributed by atoms with Crippen molar-refractivity contribution in [3.63, 3.8) is 0 Å². The van der Waals surface area contributed by atoms with Crippen molar-refractivity contribution in [2.45, 2.75) is 31.2 Å². The van der Waals surface area contributed by atoms with Crippen molar-refractivity contribution in [1.82, 2.24) is 5.32 Å². The molecule has 3 N–H and O–H groups in total. The zero-order chi connectivity index (χ0) is 12.5. The second-order valence-electron chi connectivity index (χ2n) is 4.81. The van der Waals surface area contributed by atoms with Gasteiger partial charge in [0.15, 0.2) is 0 Å². The molecule has 2 atom stereocenters. The number of aliphatic carboxylic acids is 1. The van der Waals surface area contributed by atoms with Crippen LogP contribution < -0.4 is 5.32 Å². The van der Waals surface area contributed by atoms with Crippen LogP contribution in [0.15, 0.2) is 24.3 Å². The van der Waals surface area contributed by atoms with E-state index in [1.54, 1.807) is 19.1 Å². The predicted octanol–water partition coefficient (Wildman–Crippen LogP) is 1.70. The summed E-state index contributed by atoms with van der Waals surface area (Å²) < 4.78 is 0. The molecular formula is C13H17NO3. The molecule has 2 rings (SSSR count). The molecule has 0 radical (unpaired) electrons. The Balaban J connectivity index is 2.24. The lowest BCUT2D eigenvalue weighted by Gasteiger charge is -2.36. The van der Waals surface area contributed by atoms with Crippen LogP contribution in [0.3, 0.4) is 0 Å². The zero-order valence-electron chi connectivity index (χ0n) is 9.81. The number of carbonyl (C=O) groups is 1. The SMILES string of the molecule is CC1(C(=O)O)CC(c2ccccc2O)CCN1. The second-order valence-corrected chi connectivity index (χ2v) is 4.81. The number of rotatable bonds is 2. The molecule has 1 aliphatic rings. The number of carboxylic acids is 1. The predicted molar refractivity (Wildman–Crippen MR) is 64.1 cm³/mol. The Morgan fingerprint density at radius 3 is 2.82 bits per heavy atom. The van der Waals surface area contributed by atoms with Crippen LogP contribution in [0, 0.1) is 0 Å². The first-order valence-electron chi connectivity index (χ1n) is 5.79. The fraction of sp³-hybridized carbons (Fsp3) is 0.462. The van der Waals surface area contributed by atoms with E-state index in [2.05, 4.69) is 5.32 Å². The highest BCUT2D eigenvalue weighted by Crippen LogP contribution is 2.36. The molecule has 92 valence electrons. The summed E-state index contributed by atoms with van der Waals surface area (Å²) in [5.41, 5.74) is -0.0490. The van der Waals surface area contributed by atoms with E-state index in [0.29, 0.717) is 13.0 Å². The van der Waals surface area contributed by atoms with Gasteiger partial charge in [0, 0.05) is 0 Å². The second kappa shape index (κ2) is 4.37. The lowest BCUT2D eigenvalue weighted by atomic mass is 9.79. The Hall–Kier alpha value is -1.55. The van der Waals surface area contributed by atoms with Crippen molar-refractivity contribution < 1.29 is 15.0 Å². The number of aromatic hydroxyl groups is 1. The Kier molecular flexibility index (Phi) is 3.07. The topological polar surface area (TPSA) is 69.6 Å². The van der Waals surface area contributed by atoms with Gasteiger partial charge in [-0.15, -0.1) is 0 Å². The number of hydrogen-bond donors (Lipinski definition) is 3. The molecule has 1 heterocycles. The quantitative estimate of drug-likeness (QED) is 0.729. The molecule has 2 unspecified atom stereocenters. The van der Waals surface area contributed by atoms with Crippen LogP contribution >= 0.6 is 0 Å². The van der Waals surface area contributed by atoms with Gasteiger partial charge >= 0.3 is 5.97 Å². The van der Waals surface area contributed by atoms with Crippen LogP contribution in [0.25, 0.3) is 0 Å². The smallest absolute Gasteiger partial charge is 0.323 e. The number of hydrogen-bond acceptors (Lipinski definition) is 3. The van der Waals surface area contributed by atoms with Crippen molar-refractivity contribution >= 4 is 5.97 Å². The summed E-state index contributed by atoms with van der Waals surface area (Å²) in [5, 5.41) is 22.0. The van der Waals surface area contributed by atoms with Crippen molar-refractivity contribution in [2.24, 2.45) is 0 Å². The minimum atomic E-state index is -0.898. The molecule has 4 nitrogen and oxygen atoms in total. The van der Waals surface area contributed by atoms with E-state index in [-0.39, 0.29) is 11.7 Å². The van der Waals surface area contributed by atoms with E-state index in [4.69, 9.17) is 0 Å². The summed E-state index contributed by atoms with van der Waals surface area (Å²) in [6.07, 6.45) is 1.35. The molecule has 0 spiro atoms. The standard InChI is InChI=1S/C13H17NO3/c1-13(12(16)17)8-9(6-7-14-13)10-4-2-3-5-11(10)15/h2-5,9,14-15H,6-8H2,1H3,(H,16,17). The number of para-hydroxylation sites is 1. The largest absolute Gasteiger partial charge is 0.508 e. The van der Waals surface area contributed by atoms with E-state index in [1.807, 2.05) is 12.1 Å². The highest BCUT2D eigenvalue weighted by atomic mass is 16.4. The molecule has 1 aromatic rings. The maximum atomic E-state index is 11.2. The summed E-state index contributed by atoms with van der Waals surface area (Å²) in [7, 11) is 0. The third-order valence-electron chi connectivity index (χ3n) is 3.51. The van der Waals surface area contributed by atoms with Gasteiger partial charge in [0.05, 0.1) is 0 Å². The lowest BCUT2D eigenvalue weighted by molar-refractivity contribution is -0.145. The van der Waals surface area contributed by atoms with Crippen LogP contribution in [-0.4, -0.2) is 28.3 Å². The molecule has 4 heteroatoms. The maximum Gasteiger partial charge on any atom is 0.323 e. The molecule has 0 aromatic heterocycles. The van der Waals surface area contributed by atoms with Gasteiger partial charge in [-0.05, 0) is 43.9 Å². The Morgan fingerprint density at radius 2 is 2.18 bits per heavy atom. The van der Waals surface area contributed by atoms with E-state index < -0.39 is 11.5 Å². The van der Waals surface area contributed by atoms with Crippen LogP contribution in [0.2, 0.25) is 0 Å². The average molecular weight is 235 g/mol. The highest BCUT2D eigenvalue weighted by Gasteiger charge is 2.39. The van der Waals surface area contributed by atoms with E-state index >= 15 is 0 Å². The van der Waals surface area contributed by atoms with Crippen LogP contribution in [0.1, 0.15) is 31.2 Å². The van der Waals surface area contributed by atoms with Gasteiger partial charge < -0.3 is 15.5 Å². The summed E-state index contributed by atoms with van der Waals surface area (Å²) in [5.74, 6) is -0.483.